The Hall–Kier alpha value is -1.76. The van der Waals surface area contributed by atoms with Gasteiger partial charge in [0, 0.05) is 12.1 Å². The van der Waals surface area contributed by atoms with Gasteiger partial charge in [-0.25, -0.2) is 13.1 Å². The molecule has 0 amide bonds. The number of benzene rings is 2. The minimum atomic E-state index is -3.71. The van der Waals surface area contributed by atoms with Gasteiger partial charge in [-0.15, -0.1) is 0 Å². The van der Waals surface area contributed by atoms with Crippen LogP contribution in [-0.4, -0.2) is 22.6 Å². The van der Waals surface area contributed by atoms with Crippen LogP contribution in [0.1, 0.15) is 5.56 Å². The van der Waals surface area contributed by atoms with Gasteiger partial charge in [0.1, 0.15) is 16.4 Å². The van der Waals surface area contributed by atoms with Gasteiger partial charge in [-0.2, -0.15) is 0 Å². The van der Waals surface area contributed by atoms with Crippen molar-refractivity contribution in [1.82, 2.24) is 4.72 Å². The molecule has 118 valence electrons. The summed E-state index contributed by atoms with van der Waals surface area (Å²) in [6.07, 6.45) is 0. The van der Waals surface area contributed by atoms with Crippen molar-refractivity contribution in [3.63, 3.8) is 0 Å². The topological polar surface area (TPSA) is 64.6 Å². The molecular formula is C15H16ClNO4S. The molecule has 2 aromatic rings. The minimum Gasteiger partial charge on any atom is -0.497 e. The van der Waals surface area contributed by atoms with Gasteiger partial charge in [0.25, 0.3) is 0 Å². The largest absolute Gasteiger partial charge is 0.497 e. The first-order chi connectivity index (χ1) is 10.5. The van der Waals surface area contributed by atoms with E-state index in [2.05, 4.69) is 4.72 Å². The lowest BCUT2D eigenvalue weighted by Gasteiger charge is -2.12. The van der Waals surface area contributed by atoms with E-state index in [1.54, 1.807) is 37.4 Å². The number of methoxy groups -OCH3 is 2. The highest BCUT2D eigenvalue weighted by atomic mass is 35.5. The second-order valence-electron chi connectivity index (χ2n) is 4.43. The molecule has 5 nitrogen and oxygen atoms in total. The molecule has 1 N–H and O–H groups in total. The Labute approximate surface area is 134 Å². The normalized spacial score (nSPS) is 11.2. The molecule has 0 aliphatic rings. The third-order valence-electron chi connectivity index (χ3n) is 3.07. The molecule has 7 heteroatoms. The third-order valence-corrected chi connectivity index (χ3v) is 4.97. The van der Waals surface area contributed by atoms with Crippen molar-refractivity contribution in [2.45, 2.75) is 11.4 Å². The van der Waals surface area contributed by atoms with Crippen molar-refractivity contribution in [2.24, 2.45) is 0 Å². The Balaban J connectivity index is 2.24. The van der Waals surface area contributed by atoms with Gasteiger partial charge in [0.15, 0.2) is 0 Å². The van der Waals surface area contributed by atoms with Crippen molar-refractivity contribution in [2.75, 3.05) is 14.2 Å². The van der Waals surface area contributed by atoms with Crippen LogP contribution >= 0.6 is 11.6 Å². The van der Waals surface area contributed by atoms with Gasteiger partial charge in [-0.05, 0) is 30.3 Å². The standard InChI is InChI=1S/C15H16ClNO4S/c1-20-12-7-8-14(21-2)11(9-12)10-17-22(18,19)15-6-4-3-5-13(15)16/h3-9,17H,10H2,1-2H3. The van der Waals surface area contributed by atoms with Gasteiger partial charge >= 0.3 is 0 Å². The van der Waals surface area contributed by atoms with Crippen LogP contribution in [0.2, 0.25) is 5.02 Å². The summed E-state index contributed by atoms with van der Waals surface area (Å²) in [5.41, 5.74) is 0.664. The molecule has 0 aliphatic heterocycles. The molecule has 0 bridgehead atoms. The van der Waals surface area contributed by atoms with E-state index >= 15 is 0 Å². The summed E-state index contributed by atoms with van der Waals surface area (Å²) in [6, 6.07) is 11.4. The molecule has 2 rings (SSSR count). The van der Waals surface area contributed by atoms with Crippen LogP contribution in [-0.2, 0) is 16.6 Å². The average Bonchev–Trinajstić information content (AvgIpc) is 2.53. The fraction of sp³-hybridized carbons (Fsp3) is 0.200. The molecule has 0 saturated carbocycles. The molecule has 0 spiro atoms. The van der Waals surface area contributed by atoms with Crippen molar-refractivity contribution < 1.29 is 17.9 Å². The van der Waals surface area contributed by atoms with Crippen LogP contribution in [0.15, 0.2) is 47.4 Å². The molecule has 0 fully saturated rings. The highest BCUT2D eigenvalue weighted by Crippen LogP contribution is 2.25. The number of nitrogens with one attached hydrogen (secondary N) is 1. The summed E-state index contributed by atoms with van der Waals surface area (Å²) < 4.78 is 37.5. The Bertz CT molecular complexity index is 762. The van der Waals surface area contributed by atoms with Crippen molar-refractivity contribution in [1.29, 1.82) is 0 Å². The maximum absolute atomic E-state index is 12.3. The molecule has 0 heterocycles. The fourth-order valence-electron chi connectivity index (χ4n) is 1.93. The van der Waals surface area contributed by atoms with Crippen molar-refractivity contribution in [3.8, 4) is 11.5 Å². The molecule has 22 heavy (non-hydrogen) atoms. The third kappa shape index (κ3) is 3.71. The Morgan fingerprint density at radius 1 is 1.09 bits per heavy atom. The van der Waals surface area contributed by atoms with Gasteiger partial charge in [0.05, 0.1) is 19.2 Å². The van der Waals surface area contributed by atoms with Gasteiger partial charge < -0.3 is 9.47 Å². The van der Waals surface area contributed by atoms with Crippen LogP contribution in [0, 0.1) is 0 Å². The van der Waals surface area contributed by atoms with E-state index in [0.29, 0.717) is 17.1 Å². The summed E-state index contributed by atoms with van der Waals surface area (Å²) in [5, 5.41) is 0.174. The number of sulfonamides is 1. The second-order valence-corrected chi connectivity index (χ2v) is 6.58. The highest BCUT2D eigenvalue weighted by Gasteiger charge is 2.18. The molecule has 0 atom stereocenters. The quantitative estimate of drug-likeness (QED) is 0.877. The molecule has 0 unspecified atom stereocenters. The first kappa shape index (κ1) is 16.6. The lowest BCUT2D eigenvalue weighted by molar-refractivity contribution is 0.398. The van der Waals surface area contributed by atoms with E-state index in [0.717, 1.165) is 0 Å². The summed E-state index contributed by atoms with van der Waals surface area (Å²) in [6.45, 7) is 0.0634. The average molecular weight is 342 g/mol. The number of hydrogen-bond acceptors (Lipinski definition) is 4. The van der Waals surface area contributed by atoms with Gasteiger partial charge in [0.2, 0.25) is 10.0 Å². The maximum atomic E-state index is 12.3. The number of halogens is 1. The fourth-order valence-corrected chi connectivity index (χ4v) is 3.46. The van der Waals surface area contributed by atoms with Crippen LogP contribution in [0.5, 0.6) is 11.5 Å². The van der Waals surface area contributed by atoms with Crippen LogP contribution in [0.25, 0.3) is 0 Å². The first-order valence-electron chi connectivity index (χ1n) is 6.43. The predicted molar refractivity (Wildman–Crippen MR) is 85.0 cm³/mol. The van der Waals surface area contributed by atoms with Crippen molar-refractivity contribution >= 4 is 21.6 Å². The molecule has 2 aromatic carbocycles. The summed E-state index contributed by atoms with van der Waals surface area (Å²) >= 11 is 5.93. The highest BCUT2D eigenvalue weighted by molar-refractivity contribution is 7.89. The summed E-state index contributed by atoms with van der Waals surface area (Å²) in [7, 11) is -0.649. The molecule has 0 aromatic heterocycles. The van der Waals surface area contributed by atoms with Crippen molar-refractivity contribution in [3.05, 3.63) is 53.1 Å². The zero-order valence-electron chi connectivity index (χ0n) is 12.2. The Morgan fingerprint density at radius 3 is 2.45 bits per heavy atom. The molecular weight excluding hydrogens is 326 g/mol. The molecule has 0 aliphatic carbocycles. The SMILES string of the molecule is COc1ccc(OC)c(CNS(=O)(=O)c2ccccc2Cl)c1. The molecule has 0 radical (unpaired) electrons. The predicted octanol–water partition coefficient (Wildman–Crippen LogP) is 2.84. The Kier molecular flexibility index (Phi) is 5.28. The van der Waals surface area contributed by atoms with E-state index < -0.39 is 10.0 Å². The number of hydrogen-bond donors (Lipinski definition) is 1. The van der Waals surface area contributed by atoms with Crippen LogP contribution in [0.3, 0.4) is 0 Å². The summed E-state index contributed by atoms with van der Waals surface area (Å²) in [4.78, 5) is 0.0403. The summed E-state index contributed by atoms with van der Waals surface area (Å²) in [5.74, 6) is 1.19. The zero-order chi connectivity index (χ0) is 16.2. The van der Waals surface area contributed by atoms with E-state index in [-0.39, 0.29) is 16.5 Å². The Morgan fingerprint density at radius 2 is 1.82 bits per heavy atom. The maximum Gasteiger partial charge on any atom is 0.242 e. The van der Waals surface area contributed by atoms with E-state index in [4.69, 9.17) is 21.1 Å². The lowest BCUT2D eigenvalue weighted by Crippen LogP contribution is -2.23. The smallest absolute Gasteiger partial charge is 0.242 e. The number of rotatable bonds is 6. The molecule has 0 saturated heterocycles. The second kappa shape index (κ2) is 7.00. The zero-order valence-corrected chi connectivity index (χ0v) is 13.7. The van der Waals surface area contributed by atoms with Crippen LogP contribution in [0.4, 0.5) is 0 Å². The lowest BCUT2D eigenvalue weighted by atomic mass is 10.2. The van der Waals surface area contributed by atoms with E-state index in [1.807, 2.05) is 0 Å². The number of ether oxygens (including phenoxy) is 2. The van der Waals surface area contributed by atoms with E-state index in [9.17, 15) is 8.42 Å². The van der Waals surface area contributed by atoms with Crippen LogP contribution < -0.4 is 14.2 Å². The minimum absolute atomic E-state index is 0.0403. The monoisotopic (exact) mass is 341 g/mol. The van der Waals surface area contributed by atoms with E-state index in [1.165, 1.54) is 19.2 Å². The van der Waals surface area contributed by atoms with Gasteiger partial charge in [-0.3, -0.25) is 0 Å². The first-order valence-corrected chi connectivity index (χ1v) is 8.29. The van der Waals surface area contributed by atoms with Gasteiger partial charge in [-0.1, -0.05) is 23.7 Å².